The van der Waals surface area contributed by atoms with E-state index in [2.05, 4.69) is 10.6 Å². The fraction of sp³-hybridized carbons (Fsp3) is 0.400. The van der Waals surface area contributed by atoms with Gasteiger partial charge in [-0.2, -0.15) is 0 Å². The molecule has 1 aromatic heterocycles. The van der Waals surface area contributed by atoms with Gasteiger partial charge in [-0.15, -0.1) is 11.3 Å². The molecule has 106 valence electrons. The van der Waals surface area contributed by atoms with Gasteiger partial charge in [0.15, 0.2) is 0 Å². The summed E-state index contributed by atoms with van der Waals surface area (Å²) in [5, 5.41) is 7.27. The first-order chi connectivity index (χ1) is 9.72. The first-order valence-electron chi connectivity index (χ1n) is 6.93. The first-order valence-corrected chi connectivity index (χ1v) is 7.75. The van der Waals surface area contributed by atoms with Gasteiger partial charge in [0, 0.05) is 17.3 Å². The van der Waals surface area contributed by atoms with Crippen molar-refractivity contribution in [2.45, 2.75) is 25.3 Å². The molecule has 3 rings (SSSR count). The van der Waals surface area contributed by atoms with E-state index in [1.807, 2.05) is 6.07 Å². The number of amides is 1. The minimum absolute atomic E-state index is 0.0704. The van der Waals surface area contributed by atoms with Gasteiger partial charge < -0.3 is 10.6 Å². The Bertz CT molecular complexity index is 619. The van der Waals surface area contributed by atoms with Crippen molar-refractivity contribution in [2.75, 3.05) is 13.1 Å². The van der Waals surface area contributed by atoms with Gasteiger partial charge in [-0.25, -0.2) is 4.39 Å². The van der Waals surface area contributed by atoms with Crippen LogP contribution in [0.4, 0.5) is 4.39 Å². The van der Waals surface area contributed by atoms with E-state index in [9.17, 15) is 9.18 Å². The molecule has 0 aliphatic carbocycles. The molecule has 1 aliphatic rings. The highest BCUT2D eigenvalue weighted by Gasteiger charge is 2.15. The van der Waals surface area contributed by atoms with Crippen molar-refractivity contribution in [3.05, 3.63) is 35.0 Å². The van der Waals surface area contributed by atoms with Crippen LogP contribution in [0.5, 0.6) is 0 Å². The van der Waals surface area contributed by atoms with E-state index in [0.717, 1.165) is 23.1 Å². The molecule has 1 fully saturated rings. The molecule has 2 N–H and O–H groups in total. The third-order valence-electron chi connectivity index (χ3n) is 3.63. The number of halogens is 1. The van der Waals surface area contributed by atoms with Crippen LogP contribution in [0.1, 0.15) is 28.9 Å². The predicted octanol–water partition coefficient (Wildman–Crippen LogP) is 2.91. The van der Waals surface area contributed by atoms with Gasteiger partial charge in [-0.05, 0) is 43.0 Å². The van der Waals surface area contributed by atoms with E-state index < -0.39 is 0 Å². The average molecular weight is 292 g/mol. The number of hydrogen-bond donors (Lipinski definition) is 2. The highest BCUT2D eigenvalue weighted by Crippen LogP contribution is 2.26. The summed E-state index contributed by atoms with van der Waals surface area (Å²) in [5.41, 5.74) is 0. The van der Waals surface area contributed by atoms with E-state index in [1.54, 1.807) is 6.07 Å². The predicted molar refractivity (Wildman–Crippen MR) is 79.8 cm³/mol. The second kappa shape index (κ2) is 5.89. The molecule has 1 saturated heterocycles. The lowest BCUT2D eigenvalue weighted by molar-refractivity contribution is 0.0952. The van der Waals surface area contributed by atoms with Crippen LogP contribution in [0.15, 0.2) is 24.3 Å². The number of nitrogens with one attached hydrogen (secondary N) is 2. The molecule has 5 heteroatoms. The number of benzene rings is 1. The van der Waals surface area contributed by atoms with Crippen molar-refractivity contribution in [2.24, 2.45) is 0 Å². The zero-order valence-corrected chi connectivity index (χ0v) is 11.9. The lowest BCUT2D eigenvalue weighted by Gasteiger charge is -2.23. The highest BCUT2D eigenvalue weighted by atomic mass is 32.1. The third-order valence-corrected chi connectivity index (χ3v) is 4.72. The second-order valence-electron chi connectivity index (χ2n) is 5.15. The fourth-order valence-electron chi connectivity index (χ4n) is 2.52. The van der Waals surface area contributed by atoms with Gasteiger partial charge in [0.1, 0.15) is 5.82 Å². The largest absolute Gasteiger partial charge is 0.350 e. The van der Waals surface area contributed by atoms with E-state index in [1.165, 1.54) is 36.3 Å². The van der Waals surface area contributed by atoms with E-state index in [0.29, 0.717) is 17.5 Å². The maximum Gasteiger partial charge on any atom is 0.261 e. The van der Waals surface area contributed by atoms with Crippen LogP contribution >= 0.6 is 11.3 Å². The van der Waals surface area contributed by atoms with Crippen LogP contribution in [-0.2, 0) is 0 Å². The Labute approximate surface area is 121 Å². The van der Waals surface area contributed by atoms with Crippen molar-refractivity contribution in [3.8, 4) is 0 Å². The van der Waals surface area contributed by atoms with Crippen LogP contribution < -0.4 is 10.6 Å². The van der Waals surface area contributed by atoms with Gasteiger partial charge in [-0.3, -0.25) is 4.79 Å². The first kappa shape index (κ1) is 13.5. The lowest BCUT2D eigenvalue weighted by atomic mass is 10.1. The lowest BCUT2D eigenvalue weighted by Crippen LogP contribution is -2.43. The Hall–Kier alpha value is -1.46. The molecular formula is C15H17FN2OS. The molecule has 0 bridgehead atoms. The van der Waals surface area contributed by atoms with Gasteiger partial charge in [0.05, 0.1) is 4.88 Å². The van der Waals surface area contributed by atoms with E-state index >= 15 is 0 Å². The molecule has 2 aromatic rings. The van der Waals surface area contributed by atoms with Gasteiger partial charge in [0.25, 0.3) is 5.91 Å². The van der Waals surface area contributed by atoms with Crippen LogP contribution in [0.25, 0.3) is 10.1 Å². The fourth-order valence-corrected chi connectivity index (χ4v) is 3.52. The number of rotatable bonds is 3. The molecule has 1 atom stereocenters. The van der Waals surface area contributed by atoms with E-state index in [-0.39, 0.29) is 11.7 Å². The number of hydrogen-bond acceptors (Lipinski definition) is 3. The summed E-state index contributed by atoms with van der Waals surface area (Å²) in [5.74, 6) is -0.336. The van der Waals surface area contributed by atoms with Crippen molar-refractivity contribution >= 4 is 27.3 Å². The van der Waals surface area contributed by atoms with Gasteiger partial charge in [-0.1, -0.05) is 12.5 Å². The quantitative estimate of drug-likeness (QED) is 0.913. The summed E-state index contributed by atoms with van der Waals surface area (Å²) in [6, 6.07) is 6.80. The molecule has 2 heterocycles. The molecule has 3 nitrogen and oxygen atoms in total. The summed E-state index contributed by atoms with van der Waals surface area (Å²) in [6.45, 7) is 1.68. The molecule has 20 heavy (non-hydrogen) atoms. The van der Waals surface area contributed by atoms with Crippen LogP contribution in [0, 0.1) is 5.82 Å². The topological polar surface area (TPSA) is 41.1 Å². The van der Waals surface area contributed by atoms with Crippen LogP contribution in [-0.4, -0.2) is 25.0 Å². The number of thiophene rings is 1. The standard InChI is InChI=1S/C15H17FN2OS/c16-11-5-4-10-7-14(20-13(10)8-11)15(19)18-9-12-3-1-2-6-17-12/h4-5,7-8,12,17H,1-3,6,9H2,(H,18,19). The summed E-state index contributed by atoms with van der Waals surface area (Å²) in [4.78, 5) is 12.8. The Balaban J connectivity index is 1.65. The van der Waals surface area contributed by atoms with Crippen LogP contribution in [0.2, 0.25) is 0 Å². The summed E-state index contributed by atoms with van der Waals surface area (Å²) >= 11 is 1.33. The molecule has 1 unspecified atom stereocenters. The molecule has 0 spiro atoms. The van der Waals surface area contributed by atoms with Crippen molar-refractivity contribution in [1.29, 1.82) is 0 Å². The maximum absolute atomic E-state index is 13.1. The minimum Gasteiger partial charge on any atom is -0.350 e. The minimum atomic E-state index is -0.266. The molecule has 0 saturated carbocycles. The Morgan fingerprint density at radius 2 is 2.30 bits per heavy atom. The number of piperidine rings is 1. The zero-order valence-electron chi connectivity index (χ0n) is 11.1. The summed E-state index contributed by atoms with van der Waals surface area (Å²) in [7, 11) is 0. The number of carbonyl (C=O) groups excluding carboxylic acids is 1. The molecular weight excluding hydrogens is 275 g/mol. The molecule has 0 radical (unpaired) electrons. The summed E-state index contributed by atoms with van der Waals surface area (Å²) < 4.78 is 13.9. The molecule has 1 aromatic carbocycles. The third kappa shape index (κ3) is 2.99. The maximum atomic E-state index is 13.1. The van der Waals surface area contributed by atoms with Gasteiger partial charge >= 0.3 is 0 Å². The monoisotopic (exact) mass is 292 g/mol. The average Bonchev–Trinajstić information content (AvgIpc) is 2.89. The van der Waals surface area contributed by atoms with Crippen molar-refractivity contribution in [3.63, 3.8) is 0 Å². The number of fused-ring (bicyclic) bond motifs is 1. The number of carbonyl (C=O) groups is 1. The Morgan fingerprint density at radius 3 is 3.10 bits per heavy atom. The van der Waals surface area contributed by atoms with Crippen molar-refractivity contribution < 1.29 is 9.18 Å². The smallest absolute Gasteiger partial charge is 0.261 e. The Morgan fingerprint density at radius 1 is 1.40 bits per heavy atom. The second-order valence-corrected chi connectivity index (χ2v) is 6.23. The normalized spacial score (nSPS) is 19.1. The van der Waals surface area contributed by atoms with Crippen molar-refractivity contribution in [1.82, 2.24) is 10.6 Å². The summed E-state index contributed by atoms with van der Waals surface area (Å²) in [6.07, 6.45) is 3.54. The Kier molecular flexibility index (Phi) is 3.98. The van der Waals surface area contributed by atoms with Crippen LogP contribution in [0.3, 0.4) is 0 Å². The van der Waals surface area contributed by atoms with E-state index in [4.69, 9.17) is 0 Å². The molecule has 1 amide bonds. The highest BCUT2D eigenvalue weighted by molar-refractivity contribution is 7.20. The SMILES string of the molecule is O=C(NCC1CCCCN1)c1cc2ccc(F)cc2s1. The van der Waals surface area contributed by atoms with Gasteiger partial charge in [0.2, 0.25) is 0 Å². The zero-order chi connectivity index (χ0) is 13.9. The molecule has 1 aliphatic heterocycles.